The number of benzene rings is 2. The lowest BCUT2D eigenvalue weighted by Crippen LogP contribution is -2.18. The summed E-state index contributed by atoms with van der Waals surface area (Å²) in [4.78, 5) is 7.25. The number of halogens is 2. The SMILES string of the molecule is Br.Br.CCCN(C)c1ccc2c(c1)Sc1cc(N(C)CCC)ccc1N2. The fourth-order valence-corrected chi connectivity index (χ4v) is 4.12. The molecule has 0 aliphatic carbocycles. The first-order valence-corrected chi connectivity index (χ1v) is 9.59. The van der Waals surface area contributed by atoms with E-state index in [2.05, 4.69) is 79.5 Å². The first kappa shape index (κ1) is 23.2. The average Bonchev–Trinajstić information content (AvgIpc) is 2.59. The molecule has 1 aliphatic rings. The molecule has 0 unspecified atom stereocenters. The highest BCUT2D eigenvalue weighted by Crippen LogP contribution is 2.46. The minimum atomic E-state index is 0. The second-order valence-corrected chi connectivity index (χ2v) is 7.51. The van der Waals surface area contributed by atoms with Crippen LogP contribution in [0.3, 0.4) is 0 Å². The number of hydrogen-bond donors (Lipinski definition) is 1. The summed E-state index contributed by atoms with van der Waals surface area (Å²) in [5, 5.41) is 3.58. The van der Waals surface area contributed by atoms with Crippen molar-refractivity contribution in [3.05, 3.63) is 36.4 Å². The Kier molecular flexibility index (Phi) is 9.34. The van der Waals surface area contributed by atoms with Crippen molar-refractivity contribution in [2.45, 2.75) is 36.5 Å². The molecule has 0 aromatic heterocycles. The van der Waals surface area contributed by atoms with E-state index in [1.165, 1.54) is 32.5 Å². The first-order chi connectivity index (χ1) is 11.6. The Morgan fingerprint density at radius 2 is 1.19 bits per heavy atom. The normalized spacial score (nSPS) is 11.2. The highest BCUT2D eigenvalue weighted by atomic mass is 79.9. The van der Waals surface area contributed by atoms with E-state index in [-0.39, 0.29) is 34.0 Å². The molecule has 6 heteroatoms. The van der Waals surface area contributed by atoms with Crippen LogP contribution >= 0.6 is 45.7 Å². The molecule has 144 valence electrons. The van der Waals surface area contributed by atoms with Gasteiger partial charge in [0.2, 0.25) is 0 Å². The fourth-order valence-electron chi connectivity index (χ4n) is 3.06. The second-order valence-electron chi connectivity index (χ2n) is 6.43. The summed E-state index contributed by atoms with van der Waals surface area (Å²) in [7, 11) is 4.33. The van der Waals surface area contributed by atoms with Crippen LogP contribution in [0.4, 0.5) is 22.7 Å². The van der Waals surface area contributed by atoms with Crippen LogP contribution in [0, 0.1) is 0 Å². The maximum Gasteiger partial charge on any atom is 0.0527 e. The fraction of sp³-hybridized carbons (Fsp3) is 0.400. The number of hydrogen-bond acceptors (Lipinski definition) is 4. The molecule has 2 aromatic carbocycles. The van der Waals surface area contributed by atoms with Gasteiger partial charge >= 0.3 is 0 Å². The minimum absolute atomic E-state index is 0. The van der Waals surface area contributed by atoms with Crippen LogP contribution in [0.5, 0.6) is 0 Å². The van der Waals surface area contributed by atoms with Crippen molar-refractivity contribution in [3.63, 3.8) is 0 Å². The monoisotopic (exact) mass is 501 g/mol. The number of nitrogens with one attached hydrogen (secondary N) is 1. The molecule has 1 N–H and O–H groups in total. The van der Waals surface area contributed by atoms with Gasteiger partial charge in [-0.3, -0.25) is 0 Å². The lowest BCUT2D eigenvalue weighted by atomic mass is 10.2. The Bertz CT molecular complexity index is 665. The zero-order valence-corrected chi connectivity index (χ0v) is 20.2. The maximum atomic E-state index is 3.58. The van der Waals surface area contributed by atoms with E-state index >= 15 is 0 Å². The zero-order chi connectivity index (χ0) is 17.1. The Labute approximate surface area is 183 Å². The Morgan fingerprint density at radius 1 is 0.769 bits per heavy atom. The van der Waals surface area contributed by atoms with Crippen LogP contribution in [0.2, 0.25) is 0 Å². The standard InChI is InChI=1S/C20H27N3S.2BrH/c1-5-11-22(3)15-7-9-17-19(13-15)24-20-14-16(23(4)12-6-2)8-10-18(20)21-17;;/h7-10,13-14,21H,5-6,11-12H2,1-4H3;2*1H. The maximum absolute atomic E-state index is 3.58. The highest BCUT2D eigenvalue weighted by Gasteiger charge is 2.17. The van der Waals surface area contributed by atoms with E-state index in [1.54, 1.807) is 0 Å². The molecular formula is C20H29Br2N3S. The van der Waals surface area contributed by atoms with Crippen LogP contribution in [-0.2, 0) is 0 Å². The molecule has 0 bridgehead atoms. The van der Waals surface area contributed by atoms with E-state index in [1.807, 2.05) is 11.8 Å². The number of anilines is 4. The molecule has 0 saturated carbocycles. The smallest absolute Gasteiger partial charge is 0.0527 e. The molecule has 1 aliphatic heterocycles. The summed E-state index contributed by atoms with van der Waals surface area (Å²) in [6.07, 6.45) is 2.32. The lowest BCUT2D eigenvalue weighted by Gasteiger charge is -2.26. The van der Waals surface area contributed by atoms with Gasteiger partial charge in [-0.15, -0.1) is 34.0 Å². The molecular weight excluding hydrogens is 474 g/mol. The third-order valence-corrected chi connectivity index (χ3v) is 5.53. The summed E-state index contributed by atoms with van der Waals surface area (Å²) in [6, 6.07) is 13.4. The number of nitrogens with zero attached hydrogens (tertiary/aromatic N) is 2. The lowest BCUT2D eigenvalue weighted by molar-refractivity contribution is 0.850. The number of fused-ring (bicyclic) bond motifs is 2. The number of rotatable bonds is 6. The minimum Gasteiger partial charge on any atom is -0.375 e. The third kappa shape index (κ3) is 5.11. The van der Waals surface area contributed by atoms with E-state index < -0.39 is 0 Å². The van der Waals surface area contributed by atoms with Gasteiger partial charge in [0, 0.05) is 48.4 Å². The van der Waals surface area contributed by atoms with Crippen LogP contribution in [0.15, 0.2) is 46.2 Å². The quantitative estimate of drug-likeness (QED) is 0.401. The van der Waals surface area contributed by atoms with Crippen molar-refractivity contribution in [1.82, 2.24) is 0 Å². The molecule has 1 heterocycles. The molecule has 0 radical (unpaired) electrons. The molecule has 0 atom stereocenters. The topological polar surface area (TPSA) is 18.5 Å². The average molecular weight is 503 g/mol. The molecule has 0 spiro atoms. The molecule has 0 fully saturated rings. The molecule has 0 saturated heterocycles. The van der Waals surface area contributed by atoms with Crippen molar-refractivity contribution in [1.29, 1.82) is 0 Å². The van der Waals surface area contributed by atoms with Gasteiger partial charge in [0.25, 0.3) is 0 Å². The predicted molar refractivity (Wildman–Crippen MR) is 128 cm³/mol. The van der Waals surface area contributed by atoms with E-state index in [0.717, 1.165) is 25.9 Å². The van der Waals surface area contributed by atoms with Crippen molar-refractivity contribution in [2.75, 3.05) is 42.3 Å². The van der Waals surface area contributed by atoms with Gasteiger partial charge in [-0.25, -0.2) is 0 Å². The Morgan fingerprint density at radius 3 is 1.58 bits per heavy atom. The van der Waals surface area contributed by atoms with Crippen molar-refractivity contribution >= 4 is 68.5 Å². The summed E-state index contributed by atoms with van der Waals surface area (Å²) in [5.74, 6) is 0. The second kappa shape index (κ2) is 10.5. The molecule has 3 rings (SSSR count). The largest absolute Gasteiger partial charge is 0.375 e. The van der Waals surface area contributed by atoms with E-state index in [0.29, 0.717) is 0 Å². The summed E-state index contributed by atoms with van der Waals surface area (Å²) in [5.41, 5.74) is 4.98. The van der Waals surface area contributed by atoms with Crippen molar-refractivity contribution < 1.29 is 0 Å². The van der Waals surface area contributed by atoms with Gasteiger partial charge in [-0.2, -0.15) is 0 Å². The van der Waals surface area contributed by atoms with Crippen LogP contribution in [-0.4, -0.2) is 27.2 Å². The van der Waals surface area contributed by atoms with Crippen molar-refractivity contribution in [2.24, 2.45) is 0 Å². The van der Waals surface area contributed by atoms with Crippen LogP contribution in [0.25, 0.3) is 0 Å². The highest BCUT2D eigenvalue weighted by molar-refractivity contribution is 8.93. The Hall–Kier alpha value is -0.850. The third-order valence-electron chi connectivity index (χ3n) is 4.42. The first-order valence-electron chi connectivity index (χ1n) is 8.77. The van der Waals surface area contributed by atoms with E-state index in [9.17, 15) is 0 Å². The van der Waals surface area contributed by atoms with Gasteiger partial charge < -0.3 is 15.1 Å². The van der Waals surface area contributed by atoms with E-state index in [4.69, 9.17) is 0 Å². The van der Waals surface area contributed by atoms with Crippen LogP contribution < -0.4 is 15.1 Å². The Balaban J connectivity index is 0.00000169. The van der Waals surface area contributed by atoms with Gasteiger partial charge in [0.15, 0.2) is 0 Å². The predicted octanol–water partition coefficient (Wildman–Crippen LogP) is 6.74. The zero-order valence-electron chi connectivity index (χ0n) is 15.9. The summed E-state index contributed by atoms with van der Waals surface area (Å²) < 4.78 is 0. The summed E-state index contributed by atoms with van der Waals surface area (Å²) >= 11 is 1.87. The van der Waals surface area contributed by atoms with Crippen LogP contribution in [0.1, 0.15) is 26.7 Å². The van der Waals surface area contributed by atoms with Crippen molar-refractivity contribution in [3.8, 4) is 0 Å². The molecule has 0 amide bonds. The van der Waals surface area contributed by atoms with Gasteiger partial charge in [0.1, 0.15) is 0 Å². The van der Waals surface area contributed by atoms with Gasteiger partial charge in [0.05, 0.1) is 11.4 Å². The molecule has 2 aromatic rings. The van der Waals surface area contributed by atoms with Gasteiger partial charge in [-0.05, 0) is 49.2 Å². The molecule has 26 heavy (non-hydrogen) atoms. The van der Waals surface area contributed by atoms with Gasteiger partial charge in [-0.1, -0.05) is 25.6 Å². The summed E-state index contributed by atoms with van der Waals surface area (Å²) in [6.45, 7) is 6.60. The molecule has 3 nitrogen and oxygen atoms in total.